The molecule has 2 aromatic heterocycles. The van der Waals surface area contributed by atoms with E-state index in [1.54, 1.807) is 12.1 Å². The summed E-state index contributed by atoms with van der Waals surface area (Å²) in [4.78, 5) is 17.0. The SMILES string of the molecule is COC(=O)CC(c1ccc(C#N)cc1)n1ccc2cc(OCCc3ccc4c(n3)CCCN4)ccc21. The minimum Gasteiger partial charge on any atom is -0.493 e. The van der Waals surface area contributed by atoms with Gasteiger partial charge in [-0.1, -0.05) is 12.1 Å². The fourth-order valence-electron chi connectivity index (χ4n) is 4.69. The number of aryl methyl sites for hydroxylation is 1. The van der Waals surface area contributed by atoms with E-state index in [2.05, 4.69) is 28.1 Å². The van der Waals surface area contributed by atoms with Crippen molar-refractivity contribution in [1.29, 1.82) is 5.26 Å². The lowest BCUT2D eigenvalue weighted by Crippen LogP contribution is -2.15. The fourth-order valence-corrected chi connectivity index (χ4v) is 4.69. The predicted octanol–water partition coefficient (Wildman–Crippen LogP) is 5.04. The summed E-state index contributed by atoms with van der Waals surface area (Å²) in [7, 11) is 1.39. The Balaban J connectivity index is 1.32. The third-order valence-electron chi connectivity index (χ3n) is 6.60. The summed E-state index contributed by atoms with van der Waals surface area (Å²) in [5.74, 6) is 0.500. The predicted molar refractivity (Wildman–Crippen MR) is 138 cm³/mol. The van der Waals surface area contributed by atoms with E-state index in [9.17, 15) is 4.79 Å². The number of fused-ring (bicyclic) bond motifs is 2. The number of carbonyl (C=O) groups is 1. The maximum atomic E-state index is 12.2. The Hall–Kier alpha value is -4.31. The Morgan fingerprint density at radius 3 is 2.83 bits per heavy atom. The van der Waals surface area contributed by atoms with Crippen LogP contribution >= 0.6 is 0 Å². The molecule has 0 spiro atoms. The van der Waals surface area contributed by atoms with Gasteiger partial charge in [0.05, 0.1) is 49.2 Å². The normalized spacial score (nSPS) is 13.3. The van der Waals surface area contributed by atoms with Crippen LogP contribution in [0.3, 0.4) is 0 Å². The zero-order valence-electron chi connectivity index (χ0n) is 20.2. The molecule has 0 amide bonds. The number of anilines is 1. The molecule has 1 aliphatic heterocycles. The van der Waals surface area contributed by atoms with E-state index in [0.717, 1.165) is 65.1 Å². The highest BCUT2D eigenvalue weighted by atomic mass is 16.5. The van der Waals surface area contributed by atoms with Crippen molar-refractivity contribution in [3.8, 4) is 11.8 Å². The third kappa shape index (κ3) is 5.03. The van der Waals surface area contributed by atoms with Gasteiger partial charge in [-0.25, -0.2) is 0 Å². The Kier molecular flexibility index (Phi) is 6.85. The van der Waals surface area contributed by atoms with Gasteiger partial charge in [-0.05, 0) is 66.9 Å². The number of nitriles is 1. The number of esters is 1. The van der Waals surface area contributed by atoms with E-state index in [4.69, 9.17) is 19.7 Å². The minimum absolute atomic E-state index is 0.188. The molecule has 0 bridgehead atoms. The number of hydrogen-bond acceptors (Lipinski definition) is 6. The lowest BCUT2D eigenvalue weighted by atomic mass is 10.0. The van der Waals surface area contributed by atoms with Crippen molar-refractivity contribution in [2.75, 3.05) is 25.6 Å². The van der Waals surface area contributed by atoms with Crippen molar-refractivity contribution in [2.24, 2.45) is 0 Å². The van der Waals surface area contributed by atoms with Crippen LogP contribution in [0.2, 0.25) is 0 Å². The van der Waals surface area contributed by atoms with Gasteiger partial charge in [0.2, 0.25) is 0 Å². The van der Waals surface area contributed by atoms with Crippen LogP contribution in [0.25, 0.3) is 10.9 Å². The average Bonchev–Trinajstić information content (AvgIpc) is 3.34. The molecule has 1 N–H and O–H groups in total. The molecule has 5 rings (SSSR count). The number of ether oxygens (including phenoxy) is 2. The second-order valence-electron chi connectivity index (χ2n) is 8.90. The van der Waals surface area contributed by atoms with Crippen molar-refractivity contribution >= 4 is 22.6 Å². The Labute approximate surface area is 210 Å². The Morgan fingerprint density at radius 2 is 2.03 bits per heavy atom. The van der Waals surface area contributed by atoms with Gasteiger partial charge in [0, 0.05) is 35.8 Å². The highest BCUT2D eigenvalue weighted by Gasteiger charge is 2.20. The number of pyridine rings is 1. The standard InChI is InChI=1S/C29H28N4O3/c1-35-29(34)18-28(21-6-4-20(19-30)5-7-21)33-15-12-22-17-24(9-11-27(22)33)36-16-13-23-8-10-25-26(32-23)3-2-14-31-25/h4-12,15,17,28,31H,2-3,13-14,16,18H2,1H3. The third-order valence-corrected chi connectivity index (χ3v) is 6.60. The van der Waals surface area contributed by atoms with Gasteiger partial charge in [-0.2, -0.15) is 5.26 Å². The van der Waals surface area contributed by atoms with Crippen LogP contribution in [0, 0.1) is 11.3 Å². The summed E-state index contributed by atoms with van der Waals surface area (Å²) in [5.41, 5.74) is 5.84. The number of methoxy groups -OCH3 is 1. The van der Waals surface area contributed by atoms with Gasteiger partial charge < -0.3 is 19.4 Å². The molecule has 4 aromatic rings. The maximum Gasteiger partial charge on any atom is 0.307 e. The maximum absolute atomic E-state index is 12.2. The first kappa shape index (κ1) is 23.4. The van der Waals surface area contributed by atoms with Crippen molar-refractivity contribution in [2.45, 2.75) is 31.7 Å². The topological polar surface area (TPSA) is 89.2 Å². The molecule has 0 aliphatic carbocycles. The molecule has 0 radical (unpaired) electrons. The molecule has 0 saturated carbocycles. The van der Waals surface area contributed by atoms with Crippen LogP contribution in [0.5, 0.6) is 5.75 Å². The summed E-state index contributed by atoms with van der Waals surface area (Å²) in [6.45, 7) is 1.56. The number of nitrogens with zero attached hydrogens (tertiary/aromatic N) is 3. The van der Waals surface area contributed by atoms with Crippen LogP contribution < -0.4 is 10.1 Å². The van der Waals surface area contributed by atoms with Crippen molar-refractivity contribution in [3.05, 3.63) is 89.4 Å². The summed E-state index contributed by atoms with van der Waals surface area (Å²) in [6, 6.07) is 21.4. The zero-order valence-corrected chi connectivity index (χ0v) is 20.2. The molecule has 0 fully saturated rings. The number of carbonyl (C=O) groups excluding carboxylic acids is 1. The Morgan fingerprint density at radius 1 is 1.17 bits per heavy atom. The molecular formula is C29H28N4O3. The summed E-state index contributed by atoms with van der Waals surface area (Å²) in [6.07, 6.45) is 5.04. The van der Waals surface area contributed by atoms with E-state index >= 15 is 0 Å². The lowest BCUT2D eigenvalue weighted by Gasteiger charge is -2.20. The van der Waals surface area contributed by atoms with Gasteiger partial charge in [-0.15, -0.1) is 0 Å². The number of benzene rings is 2. The van der Waals surface area contributed by atoms with E-state index < -0.39 is 0 Å². The summed E-state index contributed by atoms with van der Waals surface area (Å²) >= 11 is 0. The largest absolute Gasteiger partial charge is 0.493 e. The number of nitrogens with one attached hydrogen (secondary N) is 1. The molecule has 0 saturated heterocycles. The van der Waals surface area contributed by atoms with Gasteiger partial charge in [0.1, 0.15) is 5.75 Å². The first-order valence-corrected chi connectivity index (χ1v) is 12.2. The van der Waals surface area contributed by atoms with E-state index in [1.165, 1.54) is 7.11 Å². The van der Waals surface area contributed by atoms with E-state index in [1.807, 2.05) is 42.6 Å². The smallest absolute Gasteiger partial charge is 0.307 e. The quantitative estimate of drug-likeness (QED) is 0.356. The number of rotatable bonds is 8. The van der Waals surface area contributed by atoms with Crippen LogP contribution in [0.15, 0.2) is 66.9 Å². The van der Waals surface area contributed by atoms with Crippen molar-refractivity contribution < 1.29 is 14.3 Å². The average molecular weight is 481 g/mol. The summed E-state index contributed by atoms with van der Waals surface area (Å²) in [5, 5.41) is 13.5. The lowest BCUT2D eigenvalue weighted by molar-refractivity contribution is -0.141. The molecule has 182 valence electrons. The van der Waals surface area contributed by atoms with Gasteiger partial charge >= 0.3 is 5.97 Å². The van der Waals surface area contributed by atoms with Gasteiger partial charge in [0.25, 0.3) is 0 Å². The molecule has 1 aliphatic rings. The second kappa shape index (κ2) is 10.5. The van der Waals surface area contributed by atoms with Gasteiger partial charge in [0.15, 0.2) is 0 Å². The molecule has 3 heterocycles. The molecular weight excluding hydrogens is 452 g/mol. The van der Waals surface area contributed by atoms with Crippen LogP contribution in [0.4, 0.5) is 5.69 Å². The number of hydrogen-bond donors (Lipinski definition) is 1. The van der Waals surface area contributed by atoms with Gasteiger partial charge in [-0.3, -0.25) is 9.78 Å². The van der Waals surface area contributed by atoms with Crippen LogP contribution in [0.1, 0.15) is 41.4 Å². The van der Waals surface area contributed by atoms with E-state index in [0.29, 0.717) is 12.2 Å². The monoisotopic (exact) mass is 480 g/mol. The zero-order chi connectivity index (χ0) is 24.9. The Bertz CT molecular complexity index is 1420. The first-order valence-electron chi connectivity index (χ1n) is 12.2. The molecule has 7 nitrogen and oxygen atoms in total. The molecule has 1 unspecified atom stereocenters. The number of aromatic nitrogens is 2. The molecule has 36 heavy (non-hydrogen) atoms. The first-order chi connectivity index (χ1) is 17.6. The molecule has 2 aromatic carbocycles. The minimum atomic E-state index is -0.294. The highest BCUT2D eigenvalue weighted by Crippen LogP contribution is 2.30. The summed E-state index contributed by atoms with van der Waals surface area (Å²) < 4.78 is 13.1. The molecule has 1 atom stereocenters. The van der Waals surface area contributed by atoms with E-state index in [-0.39, 0.29) is 18.4 Å². The highest BCUT2D eigenvalue weighted by molar-refractivity contribution is 5.82. The van der Waals surface area contributed by atoms with Crippen LogP contribution in [-0.4, -0.2) is 35.8 Å². The fraction of sp³-hybridized carbons (Fsp3) is 0.276. The van der Waals surface area contributed by atoms with Crippen molar-refractivity contribution in [3.63, 3.8) is 0 Å². The second-order valence-corrected chi connectivity index (χ2v) is 8.90. The molecule has 7 heteroatoms. The van der Waals surface area contributed by atoms with Crippen LogP contribution in [-0.2, 0) is 22.4 Å². The van der Waals surface area contributed by atoms with Crippen molar-refractivity contribution in [1.82, 2.24) is 9.55 Å².